The smallest absolute Gasteiger partial charge is 0.130 e. The van der Waals surface area contributed by atoms with Crippen molar-refractivity contribution in [2.45, 2.75) is 6.42 Å². The number of nitrogens with zero attached hydrogens (tertiary/aromatic N) is 3. The number of nitriles is 1. The summed E-state index contributed by atoms with van der Waals surface area (Å²) in [6, 6.07) is 12.0. The first-order valence-electron chi connectivity index (χ1n) is 6.23. The third kappa shape index (κ3) is 2.23. The van der Waals surface area contributed by atoms with Gasteiger partial charge >= 0.3 is 0 Å². The molecular formula is C15H14N4. The van der Waals surface area contributed by atoms with Crippen molar-refractivity contribution in [1.82, 2.24) is 4.98 Å². The van der Waals surface area contributed by atoms with Crippen molar-refractivity contribution in [2.24, 2.45) is 0 Å². The van der Waals surface area contributed by atoms with Gasteiger partial charge in [-0.3, -0.25) is 0 Å². The van der Waals surface area contributed by atoms with Crippen molar-refractivity contribution in [3.8, 4) is 6.07 Å². The van der Waals surface area contributed by atoms with Crippen LogP contribution in [0.1, 0.15) is 11.1 Å². The fourth-order valence-electron chi connectivity index (χ4n) is 2.30. The molecule has 4 nitrogen and oxygen atoms in total. The Hall–Kier alpha value is -2.54. The summed E-state index contributed by atoms with van der Waals surface area (Å²) in [5, 5.41) is 12.0. The van der Waals surface area contributed by atoms with Gasteiger partial charge in [-0.2, -0.15) is 5.26 Å². The molecule has 19 heavy (non-hydrogen) atoms. The third-order valence-corrected chi connectivity index (χ3v) is 3.38. The molecule has 1 aliphatic rings. The highest BCUT2D eigenvalue weighted by Gasteiger charge is 2.15. The van der Waals surface area contributed by atoms with Crippen molar-refractivity contribution in [3.05, 3.63) is 47.7 Å². The zero-order valence-corrected chi connectivity index (χ0v) is 10.7. The second-order valence-electron chi connectivity index (χ2n) is 4.68. The van der Waals surface area contributed by atoms with Gasteiger partial charge in [-0.15, -0.1) is 0 Å². The molecule has 94 valence electrons. The van der Waals surface area contributed by atoms with E-state index < -0.39 is 0 Å². The molecule has 1 aromatic heterocycles. The van der Waals surface area contributed by atoms with Gasteiger partial charge in [-0.1, -0.05) is 6.07 Å². The van der Waals surface area contributed by atoms with E-state index in [0.717, 1.165) is 24.5 Å². The van der Waals surface area contributed by atoms with Crippen LogP contribution < -0.4 is 10.2 Å². The van der Waals surface area contributed by atoms with Gasteiger partial charge < -0.3 is 10.2 Å². The molecule has 4 heteroatoms. The number of aromatic nitrogens is 1. The summed E-state index contributed by atoms with van der Waals surface area (Å²) in [6.07, 6.45) is 2.68. The molecule has 2 aromatic rings. The Morgan fingerprint density at radius 3 is 2.95 bits per heavy atom. The lowest BCUT2D eigenvalue weighted by Gasteiger charge is -2.13. The summed E-state index contributed by atoms with van der Waals surface area (Å²) in [5.74, 6) is 0.750. The Balaban J connectivity index is 1.83. The van der Waals surface area contributed by atoms with Gasteiger partial charge in [0.2, 0.25) is 0 Å². The largest absolute Gasteiger partial charge is 0.374 e. The van der Waals surface area contributed by atoms with Crippen molar-refractivity contribution in [3.63, 3.8) is 0 Å². The predicted molar refractivity (Wildman–Crippen MR) is 75.7 cm³/mol. The summed E-state index contributed by atoms with van der Waals surface area (Å²) in [6.45, 7) is 1.08. The maximum atomic E-state index is 8.74. The van der Waals surface area contributed by atoms with Crippen LogP contribution in [0.15, 0.2) is 36.5 Å². The van der Waals surface area contributed by atoms with E-state index in [-0.39, 0.29) is 0 Å². The van der Waals surface area contributed by atoms with E-state index in [1.165, 1.54) is 11.3 Å². The summed E-state index contributed by atoms with van der Waals surface area (Å²) in [5.41, 5.74) is 4.25. The molecule has 0 radical (unpaired) electrons. The lowest BCUT2D eigenvalue weighted by molar-refractivity contribution is 0.956. The maximum Gasteiger partial charge on any atom is 0.130 e. The molecule has 0 spiro atoms. The Labute approximate surface area is 112 Å². The average molecular weight is 250 g/mol. The van der Waals surface area contributed by atoms with Gasteiger partial charge in [0.05, 0.1) is 5.56 Å². The highest BCUT2D eigenvalue weighted by Crippen LogP contribution is 2.30. The number of nitrogens with one attached hydrogen (secondary N) is 1. The van der Waals surface area contributed by atoms with Crippen molar-refractivity contribution in [2.75, 3.05) is 23.8 Å². The third-order valence-electron chi connectivity index (χ3n) is 3.38. The minimum atomic E-state index is 0.569. The standard InChI is InChI=1S/C15H14N4/c1-19-7-6-12-3-4-13(8-14(12)19)18-15-5-2-11(9-16)10-17-15/h2-5,8,10H,6-7H2,1H3,(H,17,18). The number of anilines is 3. The first-order valence-corrected chi connectivity index (χ1v) is 6.23. The molecule has 0 amide bonds. The molecule has 1 aromatic carbocycles. The van der Waals surface area contributed by atoms with Crippen LogP contribution in [-0.2, 0) is 6.42 Å². The number of likely N-dealkylation sites (N-methyl/N-ethyl adjacent to an activating group) is 1. The molecule has 0 unspecified atom stereocenters. The lowest BCUT2D eigenvalue weighted by atomic mass is 10.1. The van der Waals surface area contributed by atoms with Crippen molar-refractivity contribution < 1.29 is 0 Å². The molecule has 1 aliphatic heterocycles. The predicted octanol–water partition coefficient (Wildman–Crippen LogP) is 2.69. The minimum absolute atomic E-state index is 0.569. The minimum Gasteiger partial charge on any atom is -0.374 e. The molecule has 0 saturated carbocycles. The molecular weight excluding hydrogens is 236 g/mol. The summed E-state index contributed by atoms with van der Waals surface area (Å²) < 4.78 is 0. The molecule has 1 N–H and O–H groups in total. The van der Waals surface area contributed by atoms with Gasteiger partial charge in [0.1, 0.15) is 11.9 Å². The molecule has 0 saturated heterocycles. The molecule has 3 rings (SSSR count). The summed E-state index contributed by atoms with van der Waals surface area (Å²) in [7, 11) is 2.11. The van der Waals surface area contributed by atoms with Crippen LogP contribution in [0, 0.1) is 11.3 Å². The fraction of sp³-hybridized carbons (Fsp3) is 0.200. The number of hydrogen-bond donors (Lipinski definition) is 1. The molecule has 0 fully saturated rings. The molecule has 0 bridgehead atoms. The van der Waals surface area contributed by atoms with Crippen molar-refractivity contribution in [1.29, 1.82) is 5.26 Å². The number of hydrogen-bond acceptors (Lipinski definition) is 4. The van der Waals surface area contributed by atoms with Crippen LogP contribution in [0.4, 0.5) is 17.2 Å². The lowest BCUT2D eigenvalue weighted by Crippen LogP contribution is -2.12. The van der Waals surface area contributed by atoms with Crippen molar-refractivity contribution >= 4 is 17.2 Å². The number of rotatable bonds is 2. The molecule has 0 atom stereocenters. The van der Waals surface area contributed by atoms with Crippen LogP contribution in [0.3, 0.4) is 0 Å². The number of pyridine rings is 1. The first kappa shape index (κ1) is 11.5. The average Bonchev–Trinajstić information content (AvgIpc) is 2.81. The van der Waals surface area contributed by atoms with Crippen LogP contribution in [0.5, 0.6) is 0 Å². The van der Waals surface area contributed by atoms with Gasteiger partial charge in [-0.05, 0) is 36.2 Å². The van der Waals surface area contributed by atoms with Crippen LogP contribution >= 0.6 is 0 Å². The fourth-order valence-corrected chi connectivity index (χ4v) is 2.30. The zero-order chi connectivity index (χ0) is 13.2. The normalized spacial score (nSPS) is 12.9. The van der Waals surface area contributed by atoms with Crippen LogP contribution in [-0.4, -0.2) is 18.6 Å². The highest BCUT2D eigenvalue weighted by molar-refractivity contribution is 5.68. The molecule has 0 aliphatic carbocycles. The second-order valence-corrected chi connectivity index (χ2v) is 4.68. The number of benzene rings is 1. The van der Waals surface area contributed by atoms with E-state index in [9.17, 15) is 0 Å². The Morgan fingerprint density at radius 2 is 2.21 bits per heavy atom. The van der Waals surface area contributed by atoms with Crippen LogP contribution in [0.2, 0.25) is 0 Å². The first-order chi connectivity index (χ1) is 9.26. The summed E-state index contributed by atoms with van der Waals surface area (Å²) in [4.78, 5) is 6.47. The Kier molecular flexibility index (Phi) is 2.81. The van der Waals surface area contributed by atoms with E-state index in [0.29, 0.717) is 5.56 Å². The SMILES string of the molecule is CN1CCc2ccc(Nc3ccc(C#N)cn3)cc21. The van der Waals surface area contributed by atoms with Gasteiger partial charge in [-0.25, -0.2) is 4.98 Å². The summed E-state index contributed by atoms with van der Waals surface area (Å²) >= 11 is 0. The Morgan fingerprint density at radius 1 is 1.32 bits per heavy atom. The van der Waals surface area contributed by atoms with Gasteiger partial charge in [0.15, 0.2) is 0 Å². The zero-order valence-electron chi connectivity index (χ0n) is 10.7. The quantitative estimate of drug-likeness (QED) is 0.890. The van der Waals surface area contributed by atoms with E-state index in [1.807, 2.05) is 6.07 Å². The highest BCUT2D eigenvalue weighted by atomic mass is 15.1. The van der Waals surface area contributed by atoms with Crippen LogP contribution in [0.25, 0.3) is 0 Å². The number of fused-ring (bicyclic) bond motifs is 1. The van der Waals surface area contributed by atoms with Gasteiger partial charge in [0.25, 0.3) is 0 Å². The maximum absolute atomic E-state index is 8.74. The second kappa shape index (κ2) is 4.62. The topological polar surface area (TPSA) is 52.0 Å². The van der Waals surface area contributed by atoms with E-state index in [2.05, 4.69) is 46.5 Å². The van der Waals surface area contributed by atoms with E-state index in [4.69, 9.17) is 5.26 Å². The van der Waals surface area contributed by atoms with Gasteiger partial charge in [0, 0.05) is 31.2 Å². The van der Waals surface area contributed by atoms with E-state index >= 15 is 0 Å². The van der Waals surface area contributed by atoms with E-state index in [1.54, 1.807) is 12.3 Å². The molecule has 2 heterocycles. The monoisotopic (exact) mass is 250 g/mol. The Bertz CT molecular complexity index is 640.